The number of aromatic nitrogens is 2. The van der Waals surface area contributed by atoms with Gasteiger partial charge in [0, 0.05) is 5.56 Å². The topological polar surface area (TPSA) is 94.0 Å². The zero-order valence-electron chi connectivity index (χ0n) is 12.9. The molecule has 122 valence electrons. The van der Waals surface area contributed by atoms with Crippen LogP contribution in [0.3, 0.4) is 0 Å². The summed E-state index contributed by atoms with van der Waals surface area (Å²) in [7, 11) is 0. The highest BCUT2D eigenvalue weighted by Gasteiger charge is 2.38. The van der Waals surface area contributed by atoms with Gasteiger partial charge < -0.3 is 15.6 Å². The van der Waals surface area contributed by atoms with Crippen molar-refractivity contribution in [3.05, 3.63) is 36.0 Å². The molecule has 0 aliphatic heterocycles. The number of rotatable bonds is 4. The molecule has 7 heteroatoms. The van der Waals surface area contributed by atoms with Crippen molar-refractivity contribution in [2.75, 3.05) is 0 Å². The number of nitrogens with one attached hydrogen (secondary N) is 1. The SMILES string of the molecule is CC(NC(=O)C1(N)CCCC1)c1nc(-c2cccc(F)c2)no1. The predicted octanol–water partition coefficient (Wildman–Crippen LogP) is 2.32. The van der Waals surface area contributed by atoms with Gasteiger partial charge in [0.25, 0.3) is 0 Å². The lowest BCUT2D eigenvalue weighted by Gasteiger charge is -2.23. The van der Waals surface area contributed by atoms with Gasteiger partial charge in [-0.05, 0) is 31.9 Å². The van der Waals surface area contributed by atoms with Gasteiger partial charge in [-0.1, -0.05) is 30.1 Å². The number of hydrogen-bond acceptors (Lipinski definition) is 5. The van der Waals surface area contributed by atoms with Crippen LogP contribution in [0.1, 0.15) is 44.5 Å². The fourth-order valence-electron chi connectivity index (χ4n) is 2.79. The molecule has 1 saturated carbocycles. The minimum absolute atomic E-state index is 0.201. The quantitative estimate of drug-likeness (QED) is 0.902. The molecule has 0 spiro atoms. The first-order chi connectivity index (χ1) is 11.0. The molecule has 1 aromatic carbocycles. The van der Waals surface area contributed by atoms with E-state index < -0.39 is 11.6 Å². The summed E-state index contributed by atoms with van der Waals surface area (Å²) in [6.45, 7) is 1.75. The molecule has 6 nitrogen and oxygen atoms in total. The standard InChI is InChI=1S/C16H19FN4O2/c1-10(19-15(22)16(18)7-2-3-8-16)14-20-13(21-23-14)11-5-4-6-12(17)9-11/h4-6,9-10H,2-3,7-8,18H2,1H3,(H,19,22). The van der Waals surface area contributed by atoms with Gasteiger partial charge >= 0.3 is 0 Å². The average Bonchev–Trinajstić information content (AvgIpc) is 3.17. The molecule has 1 amide bonds. The van der Waals surface area contributed by atoms with Crippen LogP contribution in [0.15, 0.2) is 28.8 Å². The van der Waals surface area contributed by atoms with E-state index in [0.717, 1.165) is 12.8 Å². The number of nitrogens with zero attached hydrogens (tertiary/aromatic N) is 2. The summed E-state index contributed by atoms with van der Waals surface area (Å²) in [6.07, 6.45) is 3.29. The second-order valence-corrected chi connectivity index (χ2v) is 6.02. The molecule has 23 heavy (non-hydrogen) atoms. The molecule has 1 aliphatic rings. The number of amides is 1. The molecule has 3 rings (SSSR count). The number of carbonyl (C=O) groups is 1. The monoisotopic (exact) mass is 318 g/mol. The maximum atomic E-state index is 13.2. The Morgan fingerprint density at radius 1 is 1.43 bits per heavy atom. The largest absolute Gasteiger partial charge is 0.343 e. The van der Waals surface area contributed by atoms with Crippen LogP contribution in [0.2, 0.25) is 0 Å². The molecule has 0 radical (unpaired) electrons. The lowest BCUT2D eigenvalue weighted by molar-refractivity contribution is -0.127. The van der Waals surface area contributed by atoms with Crippen LogP contribution in [0.5, 0.6) is 0 Å². The highest BCUT2D eigenvalue weighted by atomic mass is 19.1. The van der Waals surface area contributed by atoms with E-state index in [2.05, 4.69) is 15.5 Å². The molecular weight excluding hydrogens is 299 g/mol. The average molecular weight is 318 g/mol. The van der Waals surface area contributed by atoms with Gasteiger partial charge in [-0.25, -0.2) is 4.39 Å². The van der Waals surface area contributed by atoms with Gasteiger partial charge in [-0.3, -0.25) is 4.79 Å². The lowest BCUT2D eigenvalue weighted by atomic mass is 9.98. The van der Waals surface area contributed by atoms with Gasteiger partial charge in [0.1, 0.15) is 11.9 Å². The maximum absolute atomic E-state index is 13.2. The van der Waals surface area contributed by atoms with E-state index in [1.165, 1.54) is 12.1 Å². The van der Waals surface area contributed by atoms with Gasteiger partial charge in [-0.2, -0.15) is 4.98 Å². The first-order valence-corrected chi connectivity index (χ1v) is 7.67. The van der Waals surface area contributed by atoms with Crippen LogP contribution >= 0.6 is 0 Å². The van der Waals surface area contributed by atoms with Crippen molar-refractivity contribution in [3.8, 4) is 11.4 Å². The molecule has 1 unspecified atom stereocenters. The molecule has 0 bridgehead atoms. The number of hydrogen-bond donors (Lipinski definition) is 2. The van der Waals surface area contributed by atoms with Crippen molar-refractivity contribution < 1.29 is 13.7 Å². The third kappa shape index (κ3) is 3.24. The Balaban J connectivity index is 1.71. The van der Waals surface area contributed by atoms with Crippen molar-refractivity contribution in [2.45, 2.75) is 44.2 Å². The predicted molar refractivity (Wildman–Crippen MR) is 81.6 cm³/mol. The Hall–Kier alpha value is -2.28. The number of halogens is 1. The Labute approximate surface area is 133 Å². The van der Waals surface area contributed by atoms with Crippen molar-refractivity contribution in [1.82, 2.24) is 15.5 Å². The highest BCUT2D eigenvalue weighted by molar-refractivity contribution is 5.86. The Bertz CT molecular complexity index is 710. The fraction of sp³-hybridized carbons (Fsp3) is 0.438. The van der Waals surface area contributed by atoms with Gasteiger partial charge in [0.15, 0.2) is 0 Å². The van der Waals surface area contributed by atoms with Crippen molar-refractivity contribution >= 4 is 5.91 Å². The molecule has 1 atom stereocenters. The van der Waals surface area contributed by atoms with Crippen LogP contribution in [-0.4, -0.2) is 21.6 Å². The van der Waals surface area contributed by atoms with Crippen LogP contribution in [0, 0.1) is 5.82 Å². The zero-order chi connectivity index (χ0) is 16.4. The summed E-state index contributed by atoms with van der Waals surface area (Å²) in [5, 5.41) is 6.66. The lowest BCUT2D eigenvalue weighted by Crippen LogP contribution is -2.52. The summed E-state index contributed by atoms with van der Waals surface area (Å²) in [5.41, 5.74) is 5.83. The molecule has 2 aromatic rings. The van der Waals surface area contributed by atoms with E-state index in [4.69, 9.17) is 10.3 Å². The third-order valence-electron chi connectivity index (χ3n) is 4.19. The van der Waals surface area contributed by atoms with Gasteiger partial charge in [0.05, 0.1) is 5.54 Å². The molecule has 1 aromatic heterocycles. The maximum Gasteiger partial charge on any atom is 0.249 e. The summed E-state index contributed by atoms with van der Waals surface area (Å²) in [4.78, 5) is 16.5. The molecular formula is C16H19FN4O2. The second kappa shape index (κ2) is 6.08. The van der Waals surface area contributed by atoms with E-state index in [0.29, 0.717) is 18.4 Å². The number of nitrogens with two attached hydrogens (primary N) is 1. The molecule has 3 N–H and O–H groups in total. The summed E-state index contributed by atoms with van der Waals surface area (Å²) >= 11 is 0. The first-order valence-electron chi connectivity index (χ1n) is 7.67. The van der Waals surface area contributed by atoms with Crippen molar-refractivity contribution in [2.24, 2.45) is 5.73 Å². The van der Waals surface area contributed by atoms with E-state index in [1.54, 1.807) is 19.1 Å². The number of carbonyl (C=O) groups excluding carboxylic acids is 1. The molecule has 1 fully saturated rings. The van der Waals surface area contributed by atoms with Crippen LogP contribution in [0.25, 0.3) is 11.4 Å². The van der Waals surface area contributed by atoms with Crippen LogP contribution in [0.4, 0.5) is 4.39 Å². The summed E-state index contributed by atoms with van der Waals surface area (Å²) < 4.78 is 18.4. The smallest absolute Gasteiger partial charge is 0.249 e. The fourth-order valence-corrected chi connectivity index (χ4v) is 2.79. The minimum atomic E-state index is -0.806. The Morgan fingerprint density at radius 3 is 2.87 bits per heavy atom. The molecule has 1 heterocycles. The van der Waals surface area contributed by atoms with E-state index in [9.17, 15) is 9.18 Å². The van der Waals surface area contributed by atoms with Crippen molar-refractivity contribution in [3.63, 3.8) is 0 Å². The minimum Gasteiger partial charge on any atom is -0.343 e. The Kier molecular flexibility index (Phi) is 4.12. The molecule has 0 saturated heterocycles. The zero-order valence-corrected chi connectivity index (χ0v) is 12.9. The highest BCUT2D eigenvalue weighted by Crippen LogP contribution is 2.28. The summed E-state index contributed by atoms with van der Waals surface area (Å²) in [5.74, 6) is -0.0300. The van der Waals surface area contributed by atoms with Crippen molar-refractivity contribution in [1.29, 1.82) is 0 Å². The third-order valence-corrected chi connectivity index (χ3v) is 4.19. The van der Waals surface area contributed by atoms with Gasteiger partial charge in [0.2, 0.25) is 17.6 Å². The van der Waals surface area contributed by atoms with Crippen LogP contribution in [-0.2, 0) is 4.79 Å². The van der Waals surface area contributed by atoms with E-state index >= 15 is 0 Å². The normalized spacial score (nSPS) is 17.9. The Morgan fingerprint density at radius 2 is 2.17 bits per heavy atom. The first kappa shape index (κ1) is 15.6. The van der Waals surface area contributed by atoms with Crippen LogP contribution < -0.4 is 11.1 Å². The van der Waals surface area contributed by atoms with Gasteiger partial charge in [-0.15, -0.1) is 0 Å². The molecule has 1 aliphatic carbocycles. The summed E-state index contributed by atoms with van der Waals surface area (Å²) in [6, 6.07) is 5.47. The van der Waals surface area contributed by atoms with E-state index in [1.807, 2.05) is 0 Å². The number of benzene rings is 1. The second-order valence-electron chi connectivity index (χ2n) is 6.02. The van der Waals surface area contributed by atoms with E-state index in [-0.39, 0.29) is 23.4 Å².